The van der Waals surface area contributed by atoms with Crippen molar-refractivity contribution in [3.8, 4) is 0 Å². The second kappa shape index (κ2) is 8.49. The molecule has 28 heavy (non-hydrogen) atoms. The smallest absolute Gasteiger partial charge is 0.253 e. The number of carbonyl (C=O) groups is 1. The zero-order valence-corrected chi connectivity index (χ0v) is 17.1. The molecule has 8 heteroatoms. The number of hydrogen-bond donors (Lipinski definition) is 0. The third-order valence-electron chi connectivity index (χ3n) is 6.04. The largest absolute Gasteiger partial charge is 0.380 e. The zero-order chi connectivity index (χ0) is 19.6. The lowest BCUT2D eigenvalue weighted by atomic mass is 10.2. The van der Waals surface area contributed by atoms with E-state index in [9.17, 15) is 13.2 Å². The third-order valence-corrected chi connectivity index (χ3v) is 7.96. The first-order valence-corrected chi connectivity index (χ1v) is 11.7. The van der Waals surface area contributed by atoms with Gasteiger partial charge in [-0.05, 0) is 49.9 Å². The van der Waals surface area contributed by atoms with Crippen molar-refractivity contribution in [1.82, 2.24) is 14.1 Å². The molecule has 154 valence electrons. The van der Waals surface area contributed by atoms with E-state index < -0.39 is 10.0 Å². The molecule has 3 saturated heterocycles. The van der Waals surface area contributed by atoms with Crippen molar-refractivity contribution >= 4 is 15.9 Å². The molecular weight excluding hydrogens is 378 g/mol. The maximum absolute atomic E-state index is 12.9. The number of rotatable bonds is 4. The van der Waals surface area contributed by atoms with Gasteiger partial charge in [0.1, 0.15) is 0 Å². The monoisotopic (exact) mass is 407 g/mol. The summed E-state index contributed by atoms with van der Waals surface area (Å²) in [7, 11) is -3.44. The minimum Gasteiger partial charge on any atom is -0.380 e. The van der Waals surface area contributed by atoms with Crippen LogP contribution in [-0.2, 0) is 14.8 Å². The predicted octanol–water partition coefficient (Wildman–Crippen LogP) is 1.41. The number of hydrogen-bond acceptors (Lipinski definition) is 5. The van der Waals surface area contributed by atoms with Crippen LogP contribution in [0.15, 0.2) is 29.2 Å². The molecule has 1 aromatic carbocycles. The van der Waals surface area contributed by atoms with Crippen LogP contribution in [0.2, 0.25) is 0 Å². The molecule has 1 aromatic rings. The minimum absolute atomic E-state index is 0.0188. The lowest BCUT2D eigenvalue weighted by Crippen LogP contribution is -2.39. The normalized spacial score (nSPS) is 25.1. The molecule has 0 aromatic heterocycles. The fourth-order valence-corrected chi connectivity index (χ4v) is 5.86. The molecule has 3 aliphatic heterocycles. The van der Waals surface area contributed by atoms with Gasteiger partial charge in [-0.25, -0.2) is 8.42 Å². The molecule has 4 rings (SSSR count). The second-order valence-corrected chi connectivity index (χ2v) is 9.77. The highest BCUT2D eigenvalue weighted by Crippen LogP contribution is 2.22. The van der Waals surface area contributed by atoms with Crippen molar-refractivity contribution in [1.29, 1.82) is 0 Å². The van der Waals surface area contributed by atoms with Gasteiger partial charge in [0.05, 0.1) is 11.5 Å². The summed E-state index contributed by atoms with van der Waals surface area (Å²) < 4.78 is 32.3. The lowest BCUT2D eigenvalue weighted by Gasteiger charge is -2.26. The van der Waals surface area contributed by atoms with E-state index in [0.29, 0.717) is 31.2 Å². The number of nitrogens with zero attached hydrogens (tertiary/aromatic N) is 3. The second-order valence-electron chi connectivity index (χ2n) is 7.83. The van der Waals surface area contributed by atoms with Crippen molar-refractivity contribution in [2.45, 2.75) is 36.6 Å². The van der Waals surface area contributed by atoms with Crippen molar-refractivity contribution in [2.24, 2.45) is 0 Å². The summed E-state index contributed by atoms with van der Waals surface area (Å²) in [5.74, 6) is -0.0188. The molecule has 0 N–H and O–H groups in total. The Balaban J connectivity index is 1.40. The van der Waals surface area contributed by atoms with Crippen LogP contribution in [0.1, 0.15) is 36.0 Å². The molecule has 7 nitrogen and oxygen atoms in total. The van der Waals surface area contributed by atoms with E-state index in [1.807, 2.05) is 4.90 Å². The summed E-state index contributed by atoms with van der Waals surface area (Å²) in [6, 6.07) is 6.92. The van der Waals surface area contributed by atoms with E-state index >= 15 is 0 Å². The number of carbonyl (C=O) groups excluding carboxylic acids is 1. The van der Waals surface area contributed by atoms with Crippen LogP contribution in [0.25, 0.3) is 0 Å². The van der Waals surface area contributed by atoms with Gasteiger partial charge in [-0.3, -0.25) is 9.69 Å². The number of benzene rings is 1. The first kappa shape index (κ1) is 19.8. The summed E-state index contributed by atoms with van der Waals surface area (Å²) in [5.41, 5.74) is 0.554. The van der Waals surface area contributed by atoms with Crippen molar-refractivity contribution in [2.75, 3.05) is 52.5 Å². The standard InChI is InChI=1S/C20H29N3O4S/c24-20(22-10-3-9-21(13-14-22)18-8-15-27-16-18)17-4-6-19(7-5-17)28(25,26)23-11-1-2-12-23/h4-7,18H,1-3,8-16H2. The van der Waals surface area contributed by atoms with Gasteiger partial charge in [-0.15, -0.1) is 0 Å². The molecule has 0 saturated carbocycles. The average Bonchev–Trinajstić information content (AvgIpc) is 3.39. The Labute approximate surface area is 167 Å². The van der Waals surface area contributed by atoms with Gasteiger partial charge in [0, 0.05) is 57.5 Å². The maximum Gasteiger partial charge on any atom is 0.253 e. The molecule has 1 amide bonds. The first-order chi connectivity index (χ1) is 13.6. The first-order valence-electron chi connectivity index (χ1n) is 10.3. The molecule has 0 bridgehead atoms. The SMILES string of the molecule is O=C(c1ccc(S(=O)(=O)N2CCCC2)cc1)N1CCCN(C2CCOC2)CC1. The number of amides is 1. The molecule has 0 aliphatic carbocycles. The molecule has 3 aliphatic rings. The van der Waals surface area contributed by atoms with Crippen molar-refractivity contribution in [3.63, 3.8) is 0 Å². The van der Waals surface area contributed by atoms with E-state index in [1.165, 1.54) is 4.31 Å². The Bertz CT molecular complexity index is 784. The molecule has 3 heterocycles. The zero-order valence-electron chi connectivity index (χ0n) is 16.3. The van der Waals surface area contributed by atoms with Crippen LogP contribution in [0.4, 0.5) is 0 Å². The van der Waals surface area contributed by atoms with Gasteiger partial charge in [-0.1, -0.05) is 0 Å². The van der Waals surface area contributed by atoms with Crippen molar-refractivity contribution in [3.05, 3.63) is 29.8 Å². The fraction of sp³-hybridized carbons (Fsp3) is 0.650. The van der Waals surface area contributed by atoms with Crippen LogP contribution in [0.3, 0.4) is 0 Å². The summed E-state index contributed by atoms with van der Waals surface area (Å²) in [5, 5.41) is 0. The number of sulfonamides is 1. The van der Waals surface area contributed by atoms with E-state index in [4.69, 9.17) is 4.74 Å². The molecular formula is C20H29N3O4S. The molecule has 0 radical (unpaired) electrons. The number of ether oxygens (including phenoxy) is 1. The summed E-state index contributed by atoms with van der Waals surface area (Å²) in [6.45, 7) is 6.07. The van der Waals surface area contributed by atoms with E-state index in [-0.39, 0.29) is 10.8 Å². The van der Waals surface area contributed by atoms with E-state index in [1.54, 1.807) is 24.3 Å². The van der Waals surface area contributed by atoms with Crippen LogP contribution >= 0.6 is 0 Å². The van der Waals surface area contributed by atoms with Crippen molar-refractivity contribution < 1.29 is 17.9 Å². The third kappa shape index (κ3) is 4.10. The van der Waals surface area contributed by atoms with Gasteiger partial charge in [-0.2, -0.15) is 4.31 Å². The molecule has 3 fully saturated rings. The molecule has 0 spiro atoms. The quantitative estimate of drug-likeness (QED) is 0.755. The van der Waals surface area contributed by atoms with E-state index in [2.05, 4.69) is 4.90 Å². The van der Waals surface area contributed by atoms with Gasteiger partial charge >= 0.3 is 0 Å². The fourth-order valence-electron chi connectivity index (χ4n) is 4.35. The van der Waals surface area contributed by atoms with Gasteiger partial charge in [0.25, 0.3) is 5.91 Å². The van der Waals surface area contributed by atoms with Crippen LogP contribution in [0.5, 0.6) is 0 Å². The molecule has 1 atom stereocenters. The topological polar surface area (TPSA) is 70.2 Å². The highest BCUT2D eigenvalue weighted by Gasteiger charge is 2.29. The predicted molar refractivity (Wildman–Crippen MR) is 106 cm³/mol. The van der Waals surface area contributed by atoms with Crippen LogP contribution < -0.4 is 0 Å². The lowest BCUT2D eigenvalue weighted by molar-refractivity contribution is 0.0756. The van der Waals surface area contributed by atoms with Crippen LogP contribution in [-0.4, -0.2) is 87.0 Å². The van der Waals surface area contributed by atoms with Gasteiger partial charge in [0.15, 0.2) is 0 Å². The van der Waals surface area contributed by atoms with Crippen LogP contribution in [0, 0.1) is 0 Å². The van der Waals surface area contributed by atoms with Gasteiger partial charge in [0.2, 0.25) is 10.0 Å². The summed E-state index contributed by atoms with van der Waals surface area (Å²) in [6.07, 6.45) is 3.84. The average molecular weight is 408 g/mol. The Morgan fingerprint density at radius 3 is 2.36 bits per heavy atom. The Morgan fingerprint density at radius 1 is 0.929 bits per heavy atom. The highest BCUT2D eigenvalue weighted by molar-refractivity contribution is 7.89. The van der Waals surface area contributed by atoms with E-state index in [0.717, 1.165) is 58.5 Å². The Morgan fingerprint density at radius 2 is 1.68 bits per heavy atom. The van der Waals surface area contributed by atoms with Gasteiger partial charge < -0.3 is 9.64 Å². The maximum atomic E-state index is 12.9. The molecule has 1 unspecified atom stereocenters. The Hall–Kier alpha value is -1.48. The highest BCUT2D eigenvalue weighted by atomic mass is 32.2. The minimum atomic E-state index is -3.44. The summed E-state index contributed by atoms with van der Waals surface area (Å²) >= 11 is 0. The summed E-state index contributed by atoms with van der Waals surface area (Å²) in [4.78, 5) is 17.5. The Kier molecular flexibility index (Phi) is 6.01.